The van der Waals surface area contributed by atoms with Crippen molar-refractivity contribution in [3.8, 4) is 5.69 Å². The van der Waals surface area contributed by atoms with Gasteiger partial charge in [-0.2, -0.15) is 5.10 Å². The fourth-order valence-corrected chi connectivity index (χ4v) is 3.66. The molecular weight excluding hydrogens is 354 g/mol. The fraction of sp³-hybridized carbons (Fsp3) is 0.421. The van der Waals surface area contributed by atoms with Gasteiger partial charge in [0.1, 0.15) is 0 Å². The minimum absolute atomic E-state index is 0.0456. The summed E-state index contributed by atoms with van der Waals surface area (Å²) in [6.07, 6.45) is 4.23. The van der Waals surface area contributed by atoms with Gasteiger partial charge >= 0.3 is 5.97 Å². The third kappa shape index (κ3) is 4.07. The zero-order valence-corrected chi connectivity index (χ0v) is 15.4. The molecule has 1 amide bonds. The summed E-state index contributed by atoms with van der Waals surface area (Å²) in [5, 5.41) is 13.8. The van der Waals surface area contributed by atoms with Crippen LogP contribution in [0.1, 0.15) is 41.7 Å². The highest BCUT2D eigenvalue weighted by atomic mass is 35.5. The summed E-state index contributed by atoms with van der Waals surface area (Å²) in [5.41, 5.74) is 2.15. The predicted octanol–water partition coefficient (Wildman–Crippen LogP) is 3.55. The first kappa shape index (κ1) is 18.5. The van der Waals surface area contributed by atoms with Crippen LogP contribution in [0.25, 0.3) is 5.69 Å². The Bertz CT molecular complexity index is 818. The van der Waals surface area contributed by atoms with Crippen LogP contribution in [-0.4, -0.2) is 44.8 Å². The molecule has 1 aromatic carbocycles. The molecule has 1 aliphatic heterocycles. The van der Waals surface area contributed by atoms with E-state index in [1.165, 1.54) is 0 Å². The quantitative estimate of drug-likeness (QED) is 0.867. The molecule has 0 radical (unpaired) electrons. The number of amides is 1. The Balaban J connectivity index is 1.75. The second-order valence-electron chi connectivity index (χ2n) is 6.73. The molecule has 6 nitrogen and oxygen atoms in total. The molecule has 1 saturated heterocycles. The van der Waals surface area contributed by atoms with E-state index in [0.29, 0.717) is 30.1 Å². The Morgan fingerprint density at radius 3 is 2.92 bits per heavy atom. The fourth-order valence-electron chi connectivity index (χ4n) is 3.47. The number of carbonyl (C=O) groups excluding carboxylic acids is 1. The largest absolute Gasteiger partial charge is 0.481 e. The van der Waals surface area contributed by atoms with Crippen LogP contribution in [-0.2, 0) is 4.79 Å². The molecule has 0 saturated carbocycles. The van der Waals surface area contributed by atoms with Crippen molar-refractivity contribution in [3.63, 3.8) is 0 Å². The normalized spacial score (nSPS) is 17.3. The van der Waals surface area contributed by atoms with Gasteiger partial charge in [0.15, 0.2) is 0 Å². The maximum atomic E-state index is 12.9. The van der Waals surface area contributed by atoms with Gasteiger partial charge in [0.2, 0.25) is 0 Å². The summed E-state index contributed by atoms with van der Waals surface area (Å²) < 4.78 is 1.71. The number of aromatic nitrogens is 2. The molecule has 1 aromatic heterocycles. The summed E-state index contributed by atoms with van der Waals surface area (Å²) in [6.45, 7) is 3.17. The average Bonchev–Trinajstić information content (AvgIpc) is 3.01. The minimum atomic E-state index is -0.785. The van der Waals surface area contributed by atoms with Crippen LogP contribution in [0.3, 0.4) is 0 Å². The van der Waals surface area contributed by atoms with Crippen LogP contribution < -0.4 is 0 Å². The lowest BCUT2D eigenvalue weighted by Gasteiger charge is -2.32. The smallest absolute Gasteiger partial charge is 0.303 e. The summed E-state index contributed by atoms with van der Waals surface area (Å²) in [4.78, 5) is 25.6. The molecule has 7 heteroatoms. The zero-order valence-electron chi connectivity index (χ0n) is 14.7. The van der Waals surface area contributed by atoms with Crippen LogP contribution in [0.4, 0.5) is 0 Å². The van der Waals surface area contributed by atoms with E-state index in [-0.39, 0.29) is 18.2 Å². The van der Waals surface area contributed by atoms with E-state index >= 15 is 0 Å². The van der Waals surface area contributed by atoms with E-state index in [1.54, 1.807) is 23.0 Å². The predicted molar refractivity (Wildman–Crippen MR) is 98.8 cm³/mol. The number of benzene rings is 1. The van der Waals surface area contributed by atoms with Crippen molar-refractivity contribution in [1.29, 1.82) is 0 Å². The number of nitrogens with zero attached hydrogens (tertiary/aromatic N) is 3. The Labute approximate surface area is 157 Å². The van der Waals surface area contributed by atoms with E-state index in [2.05, 4.69) is 5.10 Å². The van der Waals surface area contributed by atoms with Gasteiger partial charge in [-0.25, -0.2) is 4.68 Å². The molecule has 3 rings (SSSR count). The molecular formula is C19H22ClN3O3. The number of hydrogen-bond acceptors (Lipinski definition) is 3. The highest BCUT2D eigenvalue weighted by Crippen LogP contribution is 2.24. The van der Waals surface area contributed by atoms with Gasteiger partial charge < -0.3 is 10.0 Å². The van der Waals surface area contributed by atoms with Crippen molar-refractivity contribution >= 4 is 23.5 Å². The SMILES string of the molecule is Cc1c(C(=O)N2CCC[C@@H](CCC(=O)O)C2)cnn1-c1cccc(Cl)c1. The Hall–Kier alpha value is -2.34. The van der Waals surface area contributed by atoms with Crippen LogP contribution in [0.2, 0.25) is 5.02 Å². The van der Waals surface area contributed by atoms with Crippen molar-refractivity contribution in [2.75, 3.05) is 13.1 Å². The van der Waals surface area contributed by atoms with Gasteiger partial charge in [-0.3, -0.25) is 9.59 Å². The number of halogens is 1. The van der Waals surface area contributed by atoms with Crippen LogP contribution >= 0.6 is 11.6 Å². The second kappa shape index (κ2) is 7.91. The number of carbonyl (C=O) groups is 2. The topological polar surface area (TPSA) is 75.4 Å². The number of carboxylic acid groups (broad SMARTS) is 1. The first-order chi connectivity index (χ1) is 12.5. The van der Waals surface area contributed by atoms with Gasteiger partial charge in [0, 0.05) is 24.5 Å². The maximum Gasteiger partial charge on any atom is 0.303 e. The molecule has 138 valence electrons. The molecule has 2 heterocycles. The molecule has 1 aliphatic rings. The highest BCUT2D eigenvalue weighted by Gasteiger charge is 2.27. The zero-order chi connectivity index (χ0) is 18.7. The van der Waals surface area contributed by atoms with Gasteiger partial charge in [-0.15, -0.1) is 0 Å². The highest BCUT2D eigenvalue weighted by molar-refractivity contribution is 6.30. The van der Waals surface area contributed by atoms with E-state index in [4.69, 9.17) is 16.7 Å². The third-order valence-electron chi connectivity index (χ3n) is 4.87. The van der Waals surface area contributed by atoms with Gasteiger partial charge in [0.05, 0.1) is 23.1 Å². The molecule has 1 fully saturated rings. The second-order valence-corrected chi connectivity index (χ2v) is 7.16. The lowest BCUT2D eigenvalue weighted by Crippen LogP contribution is -2.40. The van der Waals surface area contributed by atoms with Crippen molar-refractivity contribution in [2.45, 2.75) is 32.6 Å². The van der Waals surface area contributed by atoms with E-state index in [0.717, 1.165) is 24.2 Å². The van der Waals surface area contributed by atoms with E-state index in [1.807, 2.05) is 24.0 Å². The Kier molecular flexibility index (Phi) is 5.61. The summed E-state index contributed by atoms with van der Waals surface area (Å²) in [6, 6.07) is 7.33. The molecule has 0 spiro atoms. The van der Waals surface area contributed by atoms with Gasteiger partial charge in [-0.05, 0) is 50.3 Å². The monoisotopic (exact) mass is 375 g/mol. The van der Waals surface area contributed by atoms with Gasteiger partial charge in [-0.1, -0.05) is 17.7 Å². The summed E-state index contributed by atoms with van der Waals surface area (Å²) >= 11 is 6.05. The average molecular weight is 376 g/mol. The molecule has 2 aromatic rings. The van der Waals surface area contributed by atoms with Crippen LogP contribution in [0, 0.1) is 12.8 Å². The number of hydrogen-bond donors (Lipinski definition) is 1. The van der Waals surface area contributed by atoms with E-state index in [9.17, 15) is 9.59 Å². The molecule has 0 unspecified atom stereocenters. The summed E-state index contributed by atoms with van der Waals surface area (Å²) in [5.74, 6) is -0.588. The van der Waals surface area contributed by atoms with Crippen molar-refractivity contribution in [1.82, 2.24) is 14.7 Å². The van der Waals surface area contributed by atoms with Crippen LogP contribution in [0.5, 0.6) is 0 Å². The first-order valence-electron chi connectivity index (χ1n) is 8.77. The molecule has 0 aliphatic carbocycles. The number of piperidine rings is 1. The molecule has 1 N–H and O–H groups in total. The molecule has 26 heavy (non-hydrogen) atoms. The number of carboxylic acids is 1. The lowest BCUT2D eigenvalue weighted by atomic mass is 9.93. The lowest BCUT2D eigenvalue weighted by molar-refractivity contribution is -0.137. The van der Waals surface area contributed by atoms with Crippen molar-refractivity contribution in [3.05, 3.63) is 46.7 Å². The number of likely N-dealkylation sites (tertiary alicyclic amines) is 1. The first-order valence-corrected chi connectivity index (χ1v) is 9.15. The van der Waals surface area contributed by atoms with Crippen molar-refractivity contribution < 1.29 is 14.7 Å². The minimum Gasteiger partial charge on any atom is -0.481 e. The number of aliphatic carboxylic acids is 1. The Morgan fingerprint density at radius 1 is 1.38 bits per heavy atom. The van der Waals surface area contributed by atoms with Gasteiger partial charge in [0.25, 0.3) is 5.91 Å². The third-order valence-corrected chi connectivity index (χ3v) is 5.10. The van der Waals surface area contributed by atoms with E-state index < -0.39 is 5.97 Å². The maximum absolute atomic E-state index is 12.9. The Morgan fingerprint density at radius 2 is 2.19 bits per heavy atom. The standard InChI is InChI=1S/C19H22ClN3O3/c1-13-17(11-21-23(13)16-6-2-5-15(20)10-16)19(26)22-9-3-4-14(12-22)7-8-18(24)25/h2,5-6,10-11,14H,3-4,7-9,12H2,1H3,(H,24,25)/t14-/m0/s1. The van der Waals surface area contributed by atoms with Crippen molar-refractivity contribution in [2.24, 2.45) is 5.92 Å². The molecule has 1 atom stereocenters. The van der Waals surface area contributed by atoms with Crippen LogP contribution in [0.15, 0.2) is 30.5 Å². The summed E-state index contributed by atoms with van der Waals surface area (Å²) in [7, 11) is 0. The molecule has 0 bridgehead atoms. The number of rotatable bonds is 5.